The summed E-state index contributed by atoms with van der Waals surface area (Å²) in [6.07, 6.45) is 0.913. The quantitative estimate of drug-likeness (QED) is 0.134. The van der Waals surface area contributed by atoms with Crippen molar-refractivity contribution in [2.75, 3.05) is 19.1 Å². The molecule has 4 amide bonds. The van der Waals surface area contributed by atoms with E-state index in [-0.39, 0.29) is 28.2 Å². The number of aromatic hydroxyl groups is 1. The van der Waals surface area contributed by atoms with Crippen molar-refractivity contribution in [1.82, 2.24) is 4.90 Å². The predicted molar refractivity (Wildman–Crippen MR) is 139 cm³/mol. The summed E-state index contributed by atoms with van der Waals surface area (Å²) in [5.41, 5.74) is -1.76. The van der Waals surface area contributed by atoms with E-state index in [4.69, 9.17) is 27.9 Å². The average molecular weight is 645 g/mol. The topological polar surface area (TPSA) is 104 Å². The fourth-order valence-electron chi connectivity index (χ4n) is 6.96. The van der Waals surface area contributed by atoms with E-state index < -0.39 is 104 Å². The molecule has 2 aliphatic carbocycles. The lowest BCUT2D eigenvalue weighted by atomic mass is 9.56. The first-order valence-corrected chi connectivity index (χ1v) is 13.6. The van der Waals surface area contributed by atoms with Gasteiger partial charge in [-0.05, 0) is 24.8 Å². The maximum atomic E-state index is 15.0. The molecule has 2 saturated heterocycles. The van der Waals surface area contributed by atoms with Crippen molar-refractivity contribution in [3.05, 3.63) is 64.5 Å². The van der Waals surface area contributed by atoms with Gasteiger partial charge >= 0.3 is 0 Å². The number of rotatable bonds is 3. The molecule has 43 heavy (non-hydrogen) atoms. The Morgan fingerprint density at radius 1 is 0.907 bits per heavy atom. The molecule has 8 nitrogen and oxygen atoms in total. The van der Waals surface area contributed by atoms with Gasteiger partial charge in [0.2, 0.25) is 17.6 Å². The number of nitrogens with zero attached hydrogens (tertiary/aromatic N) is 2. The van der Waals surface area contributed by atoms with E-state index in [1.165, 1.54) is 32.4 Å². The molecule has 226 valence electrons. The first-order valence-electron chi connectivity index (χ1n) is 12.8. The molecule has 2 aromatic carbocycles. The SMILES string of the molecule is COc1ccc([C@H]2C3=CC[C@@H]4C(=O)N(C)C(=O)[C@@H]4[C@@H]3C[C@@]3(Cl)C(=O)N(c4c(F)c(F)c(F)c(F)c4F)C(=O)[C@@]23Cl)c(O)c1. The molecular formula is C28H19Cl2F5N2O6. The molecule has 15 heteroatoms. The van der Waals surface area contributed by atoms with E-state index in [1.807, 2.05) is 0 Å². The Labute approximate surface area is 249 Å². The number of ether oxygens (including phenoxy) is 1. The second kappa shape index (κ2) is 9.39. The number of carbonyl (C=O) groups excluding carboxylic acids is 4. The maximum absolute atomic E-state index is 15.0. The van der Waals surface area contributed by atoms with Gasteiger partial charge < -0.3 is 9.84 Å². The first kappa shape index (κ1) is 29.4. The van der Waals surface area contributed by atoms with Crippen molar-refractivity contribution in [1.29, 1.82) is 0 Å². The highest BCUT2D eigenvalue weighted by atomic mass is 35.5. The Kier molecular flexibility index (Phi) is 6.41. The van der Waals surface area contributed by atoms with Crippen LogP contribution in [-0.2, 0) is 19.2 Å². The molecule has 3 fully saturated rings. The number of alkyl halides is 2. The summed E-state index contributed by atoms with van der Waals surface area (Å²) < 4.78 is 77.4. The van der Waals surface area contributed by atoms with E-state index in [0.29, 0.717) is 0 Å². The van der Waals surface area contributed by atoms with Gasteiger partial charge in [-0.1, -0.05) is 17.7 Å². The number of anilines is 1. The van der Waals surface area contributed by atoms with E-state index in [0.717, 1.165) is 11.0 Å². The average Bonchev–Trinajstić information content (AvgIpc) is 3.29. The fourth-order valence-corrected chi connectivity index (χ4v) is 7.89. The Bertz CT molecular complexity index is 1690. The minimum absolute atomic E-state index is 0.00454. The van der Waals surface area contributed by atoms with Crippen LogP contribution in [0.3, 0.4) is 0 Å². The van der Waals surface area contributed by atoms with Crippen molar-refractivity contribution < 1.29 is 51.0 Å². The van der Waals surface area contributed by atoms with Crippen LogP contribution in [0.1, 0.15) is 24.3 Å². The normalized spacial score (nSPS) is 31.7. The predicted octanol–water partition coefficient (Wildman–Crippen LogP) is 4.29. The molecule has 0 spiro atoms. The molecule has 6 atom stereocenters. The Hall–Kier alpha value is -3.71. The Balaban J connectivity index is 1.62. The number of likely N-dealkylation sites (tertiary alicyclic amines) is 1. The van der Waals surface area contributed by atoms with Crippen LogP contribution in [0.4, 0.5) is 27.6 Å². The Morgan fingerprint density at radius 2 is 1.51 bits per heavy atom. The number of methoxy groups -OCH3 is 1. The highest BCUT2D eigenvalue weighted by Gasteiger charge is 2.77. The number of carbonyl (C=O) groups is 4. The second-order valence-corrected chi connectivity index (χ2v) is 12.1. The molecule has 1 saturated carbocycles. The van der Waals surface area contributed by atoms with Gasteiger partial charge in [0.15, 0.2) is 33.0 Å². The van der Waals surface area contributed by atoms with Gasteiger partial charge in [0.05, 0.1) is 18.9 Å². The highest BCUT2D eigenvalue weighted by molar-refractivity contribution is 6.58. The molecule has 2 aliphatic heterocycles. The molecule has 2 aromatic rings. The lowest BCUT2D eigenvalue weighted by molar-refractivity contribution is -0.138. The molecule has 2 heterocycles. The minimum Gasteiger partial charge on any atom is -0.508 e. The lowest BCUT2D eigenvalue weighted by Gasteiger charge is -2.50. The number of amides is 4. The van der Waals surface area contributed by atoms with Crippen LogP contribution in [-0.4, -0.2) is 57.5 Å². The minimum atomic E-state index is -2.72. The van der Waals surface area contributed by atoms with Gasteiger partial charge in [0.25, 0.3) is 11.8 Å². The molecule has 6 rings (SSSR count). The maximum Gasteiger partial charge on any atom is 0.258 e. The van der Waals surface area contributed by atoms with Crippen LogP contribution in [0.2, 0.25) is 0 Å². The molecule has 0 unspecified atom stereocenters. The summed E-state index contributed by atoms with van der Waals surface area (Å²) in [6.45, 7) is 0. The summed E-state index contributed by atoms with van der Waals surface area (Å²) in [6, 6.07) is 3.83. The van der Waals surface area contributed by atoms with Crippen LogP contribution in [0.15, 0.2) is 29.8 Å². The van der Waals surface area contributed by atoms with Crippen LogP contribution in [0.25, 0.3) is 0 Å². The first-order chi connectivity index (χ1) is 20.1. The third kappa shape index (κ3) is 3.48. The number of phenolic OH excluding ortho intramolecular Hbond substituents is 1. The third-order valence-corrected chi connectivity index (χ3v) is 10.4. The van der Waals surface area contributed by atoms with Gasteiger partial charge in [-0.2, -0.15) is 0 Å². The summed E-state index contributed by atoms with van der Waals surface area (Å²) >= 11 is 13.9. The van der Waals surface area contributed by atoms with Crippen molar-refractivity contribution in [3.63, 3.8) is 0 Å². The number of benzene rings is 2. The molecule has 4 aliphatic rings. The molecular weight excluding hydrogens is 626 g/mol. The molecule has 1 N–H and O–H groups in total. The van der Waals surface area contributed by atoms with Crippen LogP contribution in [0.5, 0.6) is 11.5 Å². The van der Waals surface area contributed by atoms with Gasteiger partial charge in [0, 0.05) is 24.6 Å². The largest absolute Gasteiger partial charge is 0.508 e. The van der Waals surface area contributed by atoms with Gasteiger partial charge in [-0.15, -0.1) is 23.2 Å². The third-order valence-electron chi connectivity index (χ3n) is 8.99. The van der Waals surface area contributed by atoms with Crippen molar-refractivity contribution in [2.45, 2.75) is 28.5 Å². The van der Waals surface area contributed by atoms with E-state index >= 15 is 0 Å². The standard InChI is InChI=1S/C28H19Cl2F5N2O6/c1-36-23(39)12-6-5-10-13(15(12)24(36)40)8-27(29)25(41)37(22-20(34)18(32)17(31)19(33)21(22)35)26(42)28(27,30)16(10)11-4-3-9(43-2)7-14(11)38/h3-5,7,12-13,15-16,38H,6,8H2,1-2H3/t12-,13+,15-,16+,27+,28-/m0/s1. The van der Waals surface area contributed by atoms with Crippen LogP contribution >= 0.6 is 23.2 Å². The smallest absolute Gasteiger partial charge is 0.258 e. The molecule has 0 radical (unpaired) electrons. The van der Waals surface area contributed by atoms with E-state index in [1.54, 1.807) is 0 Å². The summed E-state index contributed by atoms with van der Waals surface area (Å²) in [7, 11) is 2.58. The van der Waals surface area contributed by atoms with Crippen molar-refractivity contribution in [2.24, 2.45) is 17.8 Å². The monoisotopic (exact) mass is 644 g/mol. The number of fused-ring (bicyclic) bond motifs is 4. The highest BCUT2D eigenvalue weighted by Crippen LogP contribution is 2.66. The number of hydrogen-bond donors (Lipinski definition) is 1. The zero-order valence-electron chi connectivity index (χ0n) is 22.1. The van der Waals surface area contributed by atoms with E-state index in [2.05, 4.69) is 0 Å². The van der Waals surface area contributed by atoms with Crippen LogP contribution in [0, 0.1) is 46.8 Å². The number of phenols is 1. The van der Waals surface area contributed by atoms with Gasteiger partial charge in [-0.3, -0.25) is 24.1 Å². The zero-order chi connectivity index (χ0) is 31.5. The number of imide groups is 2. The summed E-state index contributed by atoms with van der Waals surface area (Å²) in [5.74, 6) is -21.6. The molecule has 0 aromatic heterocycles. The number of halogens is 7. The number of hydrogen-bond acceptors (Lipinski definition) is 6. The van der Waals surface area contributed by atoms with E-state index in [9.17, 15) is 46.2 Å². The van der Waals surface area contributed by atoms with Crippen LogP contribution < -0.4 is 9.64 Å². The van der Waals surface area contributed by atoms with Gasteiger partial charge in [0.1, 0.15) is 17.2 Å². The van der Waals surface area contributed by atoms with Crippen molar-refractivity contribution in [3.8, 4) is 11.5 Å². The molecule has 0 bridgehead atoms. The number of allylic oxidation sites excluding steroid dienone is 2. The summed E-state index contributed by atoms with van der Waals surface area (Å²) in [4.78, 5) is 49.5. The second-order valence-electron chi connectivity index (χ2n) is 10.9. The Morgan fingerprint density at radius 3 is 2.09 bits per heavy atom. The van der Waals surface area contributed by atoms with Gasteiger partial charge in [-0.25, -0.2) is 26.9 Å². The summed E-state index contributed by atoms with van der Waals surface area (Å²) in [5, 5.41) is 11.0. The van der Waals surface area contributed by atoms with Crippen molar-refractivity contribution >= 4 is 52.5 Å². The fraction of sp³-hybridized carbons (Fsp3) is 0.357. The lowest BCUT2D eigenvalue weighted by Crippen LogP contribution is -2.60. The zero-order valence-corrected chi connectivity index (χ0v) is 23.6.